The second kappa shape index (κ2) is 47.7. The van der Waals surface area contributed by atoms with E-state index in [0.717, 1.165) is 154 Å². The van der Waals surface area contributed by atoms with Gasteiger partial charge in [-0.3, -0.25) is 14.4 Å². The summed E-state index contributed by atoms with van der Waals surface area (Å²) in [5, 5.41) is 0. The van der Waals surface area contributed by atoms with Gasteiger partial charge in [0, 0.05) is 19.3 Å². The minimum atomic E-state index is -0.809. The SMILES string of the molecule is CC/C=C\C/C=C\C/C=C\CCCCCCC(=O)OCC(COC(=O)CCCCCC/C=C\C/C=C\C/C=C\CC)OC(=O)CCCCCC/C=C\C/C=C\C/C=C\CC. The van der Waals surface area contributed by atoms with Crippen molar-refractivity contribution in [2.45, 2.75) is 200 Å². The molecule has 6 nitrogen and oxygen atoms in total. The van der Waals surface area contributed by atoms with Crippen molar-refractivity contribution in [2.75, 3.05) is 13.2 Å². The van der Waals surface area contributed by atoms with Crippen LogP contribution in [-0.2, 0) is 28.6 Å². The Labute approximate surface area is 368 Å². The molecule has 0 aromatic heterocycles. The van der Waals surface area contributed by atoms with Gasteiger partial charge in [0.2, 0.25) is 0 Å². The summed E-state index contributed by atoms with van der Waals surface area (Å²) >= 11 is 0. The summed E-state index contributed by atoms with van der Waals surface area (Å²) < 4.78 is 16.7. The second-order valence-electron chi connectivity index (χ2n) is 15.2. The first kappa shape index (κ1) is 56.1. The van der Waals surface area contributed by atoms with E-state index in [1.54, 1.807) is 0 Å². The molecule has 0 aromatic rings. The van der Waals surface area contributed by atoms with E-state index in [1.807, 2.05) is 0 Å². The Morgan fingerprint density at radius 2 is 0.600 bits per heavy atom. The average molecular weight is 831 g/mol. The normalized spacial score (nSPS) is 12.6. The molecule has 0 saturated heterocycles. The smallest absolute Gasteiger partial charge is 0.306 e. The summed E-state index contributed by atoms with van der Waals surface area (Å²) in [6.45, 7) is 6.21. The third-order valence-electron chi connectivity index (χ3n) is 9.50. The Bertz CT molecular complexity index is 1210. The van der Waals surface area contributed by atoms with Crippen molar-refractivity contribution in [1.82, 2.24) is 0 Å². The molecule has 338 valence electrons. The van der Waals surface area contributed by atoms with Crippen LogP contribution in [0.1, 0.15) is 194 Å². The highest BCUT2D eigenvalue weighted by atomic mass is 16.6. The third-order valence-corrected chi connectivity index (χ3v) is 9.50. The van der Waals surface area contributed by atoms with Crippen LogP contribution in [0.2, 0.25) is 0 Å². The highest BCUT2D eigenvalue weighted by Crippen LogP contribution is 2.12. The fraction of sp³-hybridized carbons (Fsp3) is 0.611. The van der Waals surface area contributed by atoms with Crippen molar-refractivity contribution in [2.24, 2.45) is 0 Å². The molecule has 0 bridgehead atoms. The van der Waals surface area contributed by atoms with Gasteiger partial charge in [-0.05, 0) is 116 Å². The van der Waals surface area contributed by atoms with Crippen LogP contribution in [0.5, 0.6) is 0 Å². The average Bonchev–Trinajstić information content (AvgIpc) is 3.24. The maximum atomic E-state index is 12.8. The lowest BCUT2D eigenvalue weighted by Gasteiger charge is -2.18. The molecule has 0 saturated carbocycles. The van der Waals surface area contributed by atoms with Crippen LogP contribution in [0.25, 0.3) is 0 Å². The molecule has 0 aliphatic rings. The van der Waals surface area contributed by atoms with Crippen molar-refractivity contribution in [1.29, 1.82) is 0 Å². The number of unbranched alkanes of at least 4 members (excludes halogenated alkanes) is 12. The molecule has 0 spiro atoms. The number of hydrogen-bond donors (Lipinski definition) is 0. The van der Waals surface area contributed by atoms with E-state index in [9.17, 15) is 14.4 Å². The van der Waals surface area contributed by atoms with Crippen molar-refractivity contribution in [3.63, 3.8) is 0 Å². The number of hydrogen-bond acceptors (Lipinski definition) is 6. The molecule has 0 aromatic carbocycles. The van der Waals surface area contributed by atoms with Gasteiger partial charge in [0.1, 0.15) is 13.2 Å². The van der Waals surface area contributed by atoms with Crippen LogP contribution in [0.15, 0.2) is 109 Å². The van der Waals surface area contributed by atoms with Gasteiger partial charge in [-0.25, -0.2) is 0 Å². The van der Waals surface area contributed by atoms with E-state index >= 15 is 0 Å². The fourth-order valence-corrected chi connectivity index (χ4v) is 6.01. The monoisotopic (exact) mass is 831 g/mol. The molecular formula is C54H86O6. The lowest BCUT2D eigenvalue weighted by Crippen LogP contribution is -2.30. The zero-order valence-electron chi connectivity index (χ0n) is 38.4. The van der Waals surface area contributed by atoms with Crippen LogP contribution < -0.4 is 0 Å². The van der Waals surface area contributed by atoms with Crippen molar-refractivity contribution in [3.05, 3.63) is 109 Å². The van der Waals surface area contributed by atoms with Crippen LogP contribution >= 0.6 is 0 Å². The van der Waals surface area contributed by atoms with Gasteiger partial charge in [0.15, 0.2) is 6.10 Å². The van der Waals surface area contributed by atoms with E-state index < -0.39 is 6.10 Å². The minimum Gasteiger partial charge on any atom is -0.462 e. The molecule has 0 radical (unpaired) electrons. The Hall–Kier alpha value is -3.93. The topological polar surface area (TPSA) is 78.9 Å². The molecule has 0 amide bonds. The van der Waals surface area contributed by atoms with Crippen molar-refractivity contribution in [3.8, 4) is 0 Å². The van der Waals surface area contributed by atoms with Gasteiger partial charge in [-0.2, -0.15) is 0 Å². The number of carbonyl (C=O) groups is 3. The van der Waals surface area contributed by atoms with Gasteiger partial charge in [0.25, 0.3) is 0 Å². The molecule has 0 aliphatic heterocycles. The Morgan fingerprint density at radius 1 is 0.333 bits per heavy atom. The summed E-state index contributed by atoms with van der Waals surface area (Å²) in [5.41, 5.74) is 0. The maximum Gasteiger partial charge on any atom is 0.306 e. The number of allylic oxidation sites excluding steroid dienone is 18. The van der Waals surface area contributed by atoms with Crippen LogP contribution in [0.4, 0.5) is 0 Å². The summed E-state index contributed by atoms with van der Waals surface area (Å²) in [6.07, 6.45) is 63.5. The van der Waals surface area contributed by atoms with Crippen molar-refractivity contribution < 1.29 is 28.6 Å². The fourth-order valence-electron chi connectivity index (χ4n) is 6.01. The first-order valence-corrected chi connectivity index (χ1v) is 23.9. The molecule has 0 heterocycles. The zero-order chi connectivity index (χ0) is 43.7. The van der Waals surface area contributed by atoms with Crippen molar-refractivity contribution >= 4 is 17.9 Å². The molecule has 0 aliphatic carbocycles. The molecule has 0 unspecified atom stereocenters. The lowest BCUT2D eigenvalue weighted by molar-refractivity contribution is -0.167. The van der Waals surface area contributed by atoms with E-state index in [-0.39, 0.29) is 37.5 Å². The number of carbonyl (C=O) groups excluding carboxylic acids is 3. The Morgan fingerprint density at radius 3 is 0.917 bits per heavy atom. The molecule has 60 heavy (non-hydrogen) atoms. The first-order chi connectivity index (χ1) is 29.5. The number of rotatable bonds is 41. The molecule has 0 fully saturated rings. The zero-order valence-corrected chi connectivity index (χ0v) is 38.4. The maximum absolute atomic E-state index is 12.8. The summed E-state index contributed by atoms with van der Waals surface area (Å²) in [4.78, 5) is 37.9. The molecule has 0 N–H and O–H groups in total. The number of esters is 3. The van der Waals surface area contributed by atoms with Gasteiger partial charge in [-0.1, -0.05) is 169 Å². The van der Waals surface area contributed by atoms with Gasteiger partial charge >= 0.3 is 17.9 Å². The first-order valence-electron chi connectivity index (χ1n) is 23.9. The summed E-state index contributed by atoms with van der Waals surface area (Å²) in [5.74, 6) is -0.984. The summed E-state index contributed by atoms with van der Waals surface area (Å²) in [6, 6.07) is 0. The van der Waals surface area contributed by atoms with Gasteiger partial charge in [-0.15, -0.1) is 0 Å². The van der Waals surface area contributed by atoms with Gasteiger partial charge < -0.3 is 14.2 Å². The molecule has 6 heteroatoms. The third kappa shape index (κ3) is 45.2. The van der Waals surface area contributed by atoms with E-state index in [2.05, 4.69) is 130 Å². The lowest BCUT2D eigenvalue weighted by atomic mass is 10.1. The minimum absolute atomic E-state index is 0.109. The molecule has 0 rings (SSSR count). The number of ether oxygens (including phenoxy) is 3. The Balaban J connectivity index is 4.52. The predicted octanol–water partition coefficient (Wildman–Crippen LogP) is 15.6. The predicted molar refractivity (Wildman–Crippen MR) is 256 cm³/mol. The van der Waals surface area contributed by atoms with E-state index in [1.165, 1.54) is 0 Å². The molecule has 0 atom stereocenters. The highest BCUT2D eigenvalue weighted by molar-refractivity contribution is 5.71. The van der Waals surface area contributed by atoms with Crippen LogP contribution in [-0.4, -0.2) is 37.2 Å². The largest absolute Gasteiger partial charge is 0.462 e. The Kier molecular flexibility index (Phi) is 44.6. The van der Waals surface area contributed by atoms with Gasteiger partial charge in [0.05, 0.1) is 0 Å². The standard InChI is InChI=1S/C54H86O6/c1-4-7-10-13-16-19-22-25-28-31-34-37-40-43-46-52(55)58-49-51(60-54(57)48-45-42-39-36-33-30-27-24-21-18-15-12-9-6-3)50-59-53(56)47-44-41-38-35-32-29-26-23-20-17-14-11-8-5-2/h7-12,16-21,25-30,51H,4-6,13-15,22-24,31-50H2,1-3H3/b10-7-,11-8-,12-9-,19-16-,20-17-,21-18-,28-25-,29-26-,30-27-. The molecular weight excluding hydrogens is 745 g/mol. The summed E-state index contributed by atoms with van der Waals surface area (Å²) in [7, 11) is 0. The highest BCUT2D eigenvalue weighted by Gasteiger charge is 2.19. The quantitative estimate of drug-likeness (QED) is 0.0264. The second-order valence-corrected chi connectivity index (χ2v) is 15.2. The van der Waals surface area contributed by atoms with E-state index in [4.69, 9.17) is 14.2 Å². The van der Waals surface area contributed by atoms with Crippen LogP contribution in [0.3, 0.4) is 0 Å². The van der Waals surface area contributed by atoms with E-state index in [0.29, 0.717) is 12.8 Å². The van der Waals surface area contributed by atoms with Crippen LogP contribution in [0, 0.1) is 0 Å².